The number of rotatable bonds is 7. The molecule has 0 spiro atoms. The summed E-state index contributed by atoms with van der Waals surface area (Å²) in [6, 6.07) is 10.9. The van der Waals surface area contributed by atoms with Gasteiger partial charge in [-0.05, 0) is 54.4 Å². The zero-order chi connectivity index (χ0) is 17.6. The summed E-state index contributed by atoms with van der Waals surface area (Å²) in [5, 5.41) is 5.68. The Bertz CT molecular complexity index is 712. The van der Waals surface area contributed by atoms with Crippen molar-refractivity contribution in [1.29, 1.82) is 0 Å². The van der Waals surface area contributed by atoms with Gasteiger partial charge in [-0.2, -0.15) is 0 Å². The molecule has 1 saturated heterocycles. The topological polar surface area (TPSA) is 58.4 Å². The molecule has 134 valence electrons. The number of carbonyl (C=O) groups excluding carboxylic acids is 1. The smallest absolute Gasteiger partial charge is 0.221 e. The lowest BCUT2D eigenvalue weighted by atomic mass is 9.97. The highest BCUT2D eigenvalue weighted by atomic mass is 32.1. The van der Waals surface area contributed by atoms with Crippen molar-refractivity contribution >= 4 is 17.2 Å². The summed E-state index contributed by atoms with van der Waals surface area (Å²) in [6.07, 6.45) is 1.98. The number of likely N-dealkylation sites (tertiary alicyclic amines) is 1. The van der Waals surface area contributed by atoms with Crippen LogP contribution in [0.1, 0.15) is 34.4 Å². The number of benzene rings is 1. The second kappa shape index (κ2) is 8.61. The number of piperidine rings is 1. The molecule has 25 heavy (non-hydrogen) atoms. The molecule has 3 rings (SSSR count). The molecule has 1 aromatic heterocycles. The quantitative estimate of drug-likeness (QED) is 0.801. The van der Waals surface area contributed by atoms with Crippen LogP contribution in [0.5, 0.6) is 0 Å². The molecule has 0 radical (unpaired) electrons. The minimum Gasteiger partial charge on any atom is -0.369 e. The van der Waals surface area contributed by atoms with Crippen LogP contribution in [-0.4, -0.2) is 23.9 Å². The summed E-state index contributed by atoms with van der Waals surface area (Å²) in [5.74, 6) is -0.154. The van der Waals surface area contributed by atoms with Crippen LogP contribution < -0.4 is 11.1 Å². The molecule has 5 heteroatoms. The first-order chi connectivity index (χ1) is 12.1. The van der Waals surface area contributed by atoms with Crippen molar-refractivity contribution in [3.8, 4) is 0 Å². The first-order valence-corrected chi connectivity index (χ1v) is 9.83. The number of thiophene rings is 1. The molecule has 1 aliphatic heterocycles. The lowest BCUT2D eigenvalue weighted by molar-refractivity contribution is -0.123. The average molecular weight is 358 g/mol. The van der Waals surface area contributed by atoms with Gasteiger partial charge in [-0.3, -0.25) is 9.69 Å². The van der Waals surface area contributed by atoms with Crippen molar-refractivity contribution in [3.63, 3.8) is 0 Å². The molecule has 1 amide bonds. The van der Waals surface area contributed by atoms with Gasteiger partial charge in [0.25, 0.3) is 0 Å². The van der Waals surface area contributed by atoms with E-state index >= 15 is 0 Å². The van der Waals surface area contributed by atoms with E-state index in [1.807, 2.05) is 0 Å². The van der Waals surface area contributed by atoms with Crippen molar-refractivity contribution in [2.24, 2.45) is 11.7 Å². The highest BCUT2D eigenvalue weighted by Gasteiger charge is 2.23. The number of hydrogen-bond donors (Lipinski definition) is 2. The van der Waals surface area contributed by atoms with E-state index in [4.69, 9.17) is 5.73 Å². The number of nitrogens with zero attached hydrogens (tertiary/aromatic N) is 1. The van der Waals surface area contributed by atoms with Crippen LogP contribution in [0.25, 0.3) is 0 Å². The third-order valence-electron chi connectivity index (χ3n) is 4.89. The second-order valence-corrected chi connectivity index (χ2v) is 7.93. The van der Waals surface area contributed by atoms with E-state index in [2.05, 4.69) is 52.9 Å². The standard InChI is InChI=1S/C20H27N3OS/c1-15-7-9-25-19(15)12-22-11-16-4-2-5-17(10-16)13-23-8-3-6-18(14-23)20(21)24/h2,4-5,7,9-10,18,22H,3,6,8,11-14H2,1H3,(H2,21,24)/t18-/m0/s1. The summed E-state index contributed by atoms with van der Waals surface area (Å²) < 4.78 is 0. The van der Waals surface area contributed by atoms with Crippen LogP contribution >= 0.6 is 11.3 Å². The zero-order valence-corrected chi connectivity index (χ0v) is 15.6. The fourth-order valence-corrected chi connectivity index (χ4v) is 4.31. The molecule has 1 aromatic carbocycles. The average Bonchev–Trinajstić information content (AvgIpc) is 3.01. The van der Waals surface area contributed by atoms with Gasteiger partial charge in [-0.25, -0.2) is 0 Å². The van der Waals surface area contributed by atoms with E-state index < -0.39 is 0 Å². The molecular weight excluding hydrogens is 330 g/mol. The molecule has 1 aliphatic rings. The minimum atomic E-state index is -0.161. The van der Waals surface area contributed by atoms with E-state index in [0.29, 0.717) is 0 Å². The molecule has 0 bridgehead atoms. The van der Waals surface area contributed by atoms with Gasteiger partial charge in [0, 0.05) is 31.1 Å². The Kier molecular flexibility index (Phi) is 6.24. The summed E-state index contributed by atoms with van der Waals surface area (Å²) >= 11 is 1.81. The first-order valence-electron chi connectivity index (χ1n) is 8.95. The predicted octanol–water partition coefficient (Wildman–Crippen LogP) is 3.04. The van der Waals surface area contributed by atoms with Gasteiger partial charge in [0.1, 0.15) is 0 Å². The van der Waals surface area contributed by atoms with Crippen molar-refractivity contribution in [2.75, 3.05) is 13.1 Å². The molecule has 1 atom stereocenters. The Labute approximate surface area is 154 Å². The maximum atomic E-state index is 11.4. The van der Waals surface area contributed by atoms with Crippen LogP contribution in [0, 0.1) is 12.8 Å². The summed E-state index contributed by atoms with van der Waals surface area (Å²) in [6.45, 7) is 6.67. The molecule has 0 saturated carbocycles. The fourth-order valence-electron chi connectivity index (χ4n) is 3.43. The van der Waals surface area contributed by atoms with Crippen molar-refractivity contribution < 1.29 is 4.79 Å². The number of primary amides is 1. The molecule has 2 heterocycles. The lowest BCUT2D eigenvalue weighted by Crippen LogP contribution is -2.40. The van der Waals surface area contributed by atoms with E-state index in [-0.39, 0.29) is 11.8 Å². The molecule has 4 nitrogen and oxygen atoms in total. The van der Waals surface area contributed by atoms with Gasteiger partial charge in [0.2, 0.25) is 5.91 Å². The van der Waals surface area contributed by atoms with Crippen LogP contribution in [0.3, 0.4) is 0 Å². The maximum absolute atomic E-state index is 11.4. The van der Waals surface area contributed by atoms with Gasteiger partial charge in [-0.1, -0.05) is 24.3 Å². The maximum Gasteiger partial charge on any atom is 0.221 e. The van der Waals surface area contributed by atoms with Crippen LogP contribution in [0.15, 0.2) is 35.7 Å². The summed E-state index contributed by atoms with van der Waals surface area (Å²) in [5.41, 5.74) is 9.44. The van der Waals surface area contributed by atoms with Gasteiger partial charge in [0.05, 0.1) is 5.92 Å². The van der Waals surface area contributed by atoms with Gasteiger partial charge in [0.15, 0.2) is 0 Å². The highest BCUT2D eigenvalue weighted by Crippen LogP contribution is 2.19. The Morgan fingerprint density at radius 2 is 2.16 bits per heavy atom. The third kappa shape index (κ3) is 5.14. The number of carbonyl (C=O) groups is 1. The second-order valence-electron chi connectivity index (χ2n) is 6.93. The van der Waals surface area contributed by atoms with Crippen molar-refractivity contribution in [1.82, 2.24) is 10.2 Å². The van der Waals surface area contributed by atoms with Crippen LogP contribution in [0.2, 0.25) is 0 Å². The SMILES string of the molecule is Cc1ccsc1CNCc1cccc(CN2CCC[C@H](C(N)=O)C2)c1. The Balaban J connectivity index is 1.52. The Hall–Kier alpha value is -1.69. The van der Waals surface area contributed by atoms with E-state index in [1.54, 1.807) is 11.3 Å². The van der Waals surface area contributed by atoms with Crippen molar-refractivity contribution in [3.05, 3.63) is 57.3 Å². The first kappa shape index (κ1) is 18.1. The number of hydrogen-bond acceptors (Lipinski definition) is 4. The largest absolute Gasteiger partial charge is 0.369 e. The minimum absolute atomic E-state index is 0.00707. The normalized spacial score (nSPS) is 18.4. The molecule has 0 unspecified atom stereocenters. The number of amides is 1. The monoisotopic (exact) mass is 357 g/mol. The highest BCUT2D eigenvalue weighted by molar-refractivity contribution is 7.10. The van der Waals surface area contributed by atoms with E-state index in [9.17, 15) is 4.79 Å². The predicted molar refractivity (Wildman–Crippen MR) is 103 cm³/mol. The van der Waals surface area contributed by atoms with Crippen molar-refractivity contribution in [2.45, 2.75) is 39.4 Å². The van der Waals surface area contributed by atoms with Gasteiger partial charge < -0.3 is 11.1 Å². The van der Waals surface area contributed by atoms with Gasteiger partial charge >= 0.3 is 0 Å². The number of nitrogens with two attached hydrogens (primary N) is 1. The van der Waals surface area contributed by atoms with E-state index in [1.165, 1.54) is 21.6 Å². The number of aryl methyl sites for hydroxylation is 1. The number of nitrogens with one attached hydrogen (secondary N) is 1. The Morgan fingerprint density at radius 1 is 1.32 bits per heavy atom. The zero-order valence-electron chi connectivity index (χ0n) is 14.8. The third-order valence-corrected chi connectivity index (χ3v) is 5.91. The van der Waals surface area contributed by atoms with Gasteiger partial charge in [-0.15, -0.1) is 11.3 Å². The lowest BCUT2D eigenvalue weighted by Gasteiger charge is -2.31. The fraction of sp³-hybridized carbons (Fsp3) is 0.450. The molecular formula is C20H27N3OS. The van der Waals surface area contributed by atoms with E-state index in [0.717, 1.165) is 45.6 Å². The molecule has 2 aromatic rings. The molecule has 1 fully saturated rings. The van der Waals surface area contributed by atoms with Crippen LogP contribution in [0.4, 0.5) is 0 Å². The summed E-state index contributed by atoms with van der Waals surface area (Å²) in [7, 11) is 0. The summed E-state index contributed by atoms with van der Waals surface area (Å²) in [4.78, 5) is 15.2. The Morgan fingerprint density at radius 3 is 2.92 bits per heavy atom. The molecule has 0 aliphatic carbocycles. The molecule has 3 N–H and O–H groups in total. The van der Waals surface area contributed by atoms with Crippen LogP contribution in [-0.2, 0) is 24.4 Å².